The molecule has 1 atom stereocenters. The third-order valence-electron chi connectivity index (χ3n) is 3.25. The second-order valence-corrected chi connectivity index (χ2v) is 5.99. The minimum absolute atomic E-state index is 0.283. The van der Waals surface area contributed by atoms with Crippen molar-refractivity contribution in [2.75, 3.05) is 0 Å². The van der Waals surface area contributed by atoms with Crippen LogP contribution in [0.2, 0.25) is 5.15 Å². The van der Waals surface area contributed by atoms with E-state index in [0.29, 0.717) is 10.8 Å². The Morgan fingerprint density at radius 2 is 2.16 bits per heavy atom. The minimum Gasteiger partial charge on any atom is -0.281 e. The number of aromatic nitrogens is 4. The van der Waals surface area contributed by atoms with Crippen LogP contribution < -0.4 is 0 Å². The Labute approximate surface area is 118 Å². The van der Waals surface area contributed by atoms with Crippen molar-refractivity contribution in [3.05, 3.63) is 53.2 Å². The molecule has 0 N–H and O–H groups in total. The lowest BCUT2D eigenvalue weighted by Gasteiger charge is -2.05. The van der Waals surface area contributed by atoms with Gasteiger partial charge >= 0.3 is 0 Å². The van der Waals surface area contributed by atoms with E-state index < -0.39 is 0 Å². The molecule has 0 fully saturated rings. The zero-order valence-corrected chi connectivity index (χ0v) is 11.4. The van der Waals surface area contributed by atoms with Crippen LogP contribution in [0.4, 0.5) is 0 Å². The van der Waals surface area contributed by atoms with Gasteiger partial charge in [-0.1, -0.05) is 29.8 Å². The van der Waals surface area contributed by atoms with Crippen molar-refractivity contribution < 1.29 is 0 Å². The predicted octanol–water partition coefficient (Wildman–Crippen LogP) is 3.17. The Balaban J connectivity index is 1.80. The summed E-state index contributed by atoms with van der Waals surface area (Å²) in [5.74, 6) is 0.931. The van der Waals surface area contributed by atoms with Gasteiger partial charge in [0, 0.05) is 17.3 Å². The molecule has 3 aromatic rings. The maximum Gasteiger partial charge on any atom is 0.198 e. The van der Waals surface area contributed by atoms with E-state index in [2.05, 4.69) is 39.4 Å². The molecular weight excluding hydrogens is 280 g/mol. The van der Waals surface area contributed by atoms with E-state index in [1.807, 2.05) is 22.4 Å². The number of hydrogen-bond acceptors (Lipinski definition) is 4. The predicted molar refractivity (Wildman–Crippen MR) is 74.5 cm³/mol. The van der Waals surface area contributed by atoms with Gasteiger partial charge in [0.2, 0.25) is 0 Å². The molecule has 19 heavy (non-hydrogen) atoms. The van der Waals surface area contributed by atoms with E-state index >= 15 is 0 Å². The third kappa shape index (κ3) is 1.73. The Morgan fingerprint density at radius 1 is 1.26 bits per heavy atom. The third-order valence-corrected chi connectivity index (χ3v) is 4.83. The molecule has 0 spiro atoms. The van der Waals surface area contributed by atoms with E-state index in [0.717, 1.165) is 12.2 Å². The number of rotatable bonds is 1. The van der Waals surface area contributed by atoms with Crippen LogP contribution in [0.3, 0.4) is 0 Å². The summed E-state index contributed by atoms with van der Waals surface area (Å²) in [7, 11) is 0. The van der Waals surface area contributed by atoms with Crippen molar-refractivity contribution >= 4 is 29.0 Å². The van der Waals surface area contributed by atoms with Crippen LogP contribution in [0.25, 0.3) is 5.65 Å². The highest BCUT2D eigenvalue weighted by Gasteiger charge is 2.27. The molecule has 2 aromatic heterocycles. The van der Waals surface area contributed by atoms with Gasteiger partial charge in [0.25, 0.3) is 0 Å². The lowest BCUT2D eigenvalue weighted by molar-refractivity contribution is 0.830. The van der Waals surface area contributed by atoms with E-state index in [1.54, 1.807) is 6.20 Å². The molecule has 0 bridgehead atoms. The highest BCUT2D eigenvalue weighted by molar-refractivity contribution is 7.99. The summed E-state index contributed by atoms with van der Waals surface area (Å²) >= 11 is 7.85. The van der Waals surface area contributed by atoms with Crippen molar-refractivity contribution in [3.8, 4) is 0 Å². The van der Waals surface area contributed by atoms with Crippen molar-refractivity contribution in [2.45, 2.75) is 16.6 Å². The molecule has 4 nitrogen and oxygen atoms in total. The molecule has 3 heterocycles. The summed E-state index contributed by atoms with van der Waals surface area (Å²) in [6.07, 6.45) is 4.51. The summed E-state index contributed by atoms with van der Waals surface area (Å²) < 4.78 is 1.93. The van der Waals surface area contributed by atoms with Gasteiger partial charge < -0.3 is 0 Å². The fourth-order valence-electron chi connectivity index (χ4n) is 2.36. The molecule has 1 aromatic carbocycles. The fraction of sp³-hybridized carbons (Fsp3) is 0.154. The average molecular weight is 289 g/mol. The van der Waals surface area contributed by atoms with Crippen LogP contribution in [0.15, 0.2) is 41.6 Å². The summed E-state index contributed by atoms with van der Waals surface area (Å²) in [6.45, 7) is 0. The Kier molecular flexibility index (Phi) is 2.50. The molecular formula is C13H9ClN4S. The maximum atomic E-state index is 6.02. The standard InChI is InChI=1S/C13H9ClN4S/c14-11-13-17-16-12(18(13)6-5-15-11)10-7-8-3-1-2-4-9(8)19-10/h1-6,10H,7H2. The number of thioether (sulfide) groups is 1. The number of nitrogens with zero attached hydrogens (tertiary/aromatic N) is 4. The highest BCUT2D eigenvalue weighted by Crippen LogP contribution is 2.45. The van der Waals surface area contributed by atoms with Crippen molar-refractivity contribution in [1.29, 1.82) is 0 Å². The van der Waals surface area contributed by atoms with E-state index in [1.165, 1.54) is 10.5 Å². The molecule has 0 saturated heterocycles. The van der Waals surface area contributed by atoms with Gasteiger partial charge in [-0.2, -0.15) is 0 Å². The number of benzene rings is 1. The van der Waals surface area contributed by atoms with Gasteiger partial charge in [-0.05, 0) is 18.1 Å². The topological polar surface area (TPSA) is 43.1 Å². The molecule has 6 heteroatoms. The second-order valence-electron chi connectivity index (χ2n) is 4.39. The molecule has 0 amide bonds. The van der Waals surface area contributed by atoms with E-state index in [9.17, 15) is 0 Å². The monoisotopic (exact) mass is 288 g/mol. The summed E-state index contributed by atoms with van der Waals surface area (Å²) in [4.78, 5) is 5.35. The van der Waals surface area contributed by atoms with E-state index in [-0.39, 0.29) is 5.25 Å². The molecule has 1 aliphatic rings. The van der Waals surface area contributed by atoms with Gasteiger partial charge in [-0.15, -0.1) is 22.0 Å². The van der Waals surface area contributed by atoms with Gasteiger partial charge in [-0.3, -0.25) is 4.40 Å². The first-order chi connectivity index (χ1) is 9.33. The lowest BCUT2D eigenvalue weighted by Crippen LogP contribution is -2.00. The van der Waals surface area contributed by atoms with Gasteiger partial charge in [0.1, 0.15) is 0 Å². The number of halogens is 1. The first kappa shape index (κ1) is 11.3. The Hall–Kier alpha value is -1.59. The van der Waals surface area contributed by atoms with Crippen molar-refractivity contribution in [3.63, 3.8) is 0 Å². The smallest absolute Gasteiger partial charge is 0.198 e. The molecule has 0 saturated carbocycles. The lowest BCUT2D eigenvalue weighted by atomic mass is 10.1. The van der Waals surface area contributed by atoms with Crippen LogP contribution in [0.1, 0.15) is 16.6 Å². The molecule has 94 valence electrons. The molecule has 1 unspecified atom stereocenters. The van der Waals surface area contributed by atoms with Crippen molar-refractivity contribution in [1.82, 2.24) is 19.6 Å². The Morgan fingerprint density at radius 3 is 3.05 bits per heavy atom. The molecule has 0 aliphatic carbocycles. The normalized spacial score (nSPS) is 17.8. The largest absolute Gasteiger partial charge is 0.281 e. The zero-order valence-electron chi connectivity index (χ0n) is 9.82. The SMILES string of the molecule is Clc1nccn2c(C3Cc4ccccc4S3)nnc12. The summed E-state index contributed by atoms with van der Waals surface area (Å²) in [6, 6.07) is 8.46. The minimum atomic E-state index is 0.283. The molecule has 4 rings (SSSR count). The Bertz CT molecular complexity index is 745. The number of hydrogen-bond donors (Lipinski definition) is 0. The summed E-state index contributed by atoms with van der Waals surface area (Å²) in [5.41, 5.74) is 1.99. The molecule has 1 aliphatic heterocycles. The van der Waals surface area contributed by atoms with Crippen LogP contribution >= 0.6 is 23.4 Å². The highest BCUT2D eigenvalue weighted by atomic mass is 35.5. The van der Waals surface area contributed by atoms with Crippen molar-refractivity contribution in [2.24, 2.45) is 0 Å². The summed E-state index contributed by atoms with van der Waals surface area (Å²) in [5, 5.41) is 9.09. The first-order valence-corrected chi connectivity index (χ1v) is 7.18. The zero-order chi connectivity index (χ0) is 12.8. The molecule has 0 radical (unpaired) electrons. The maximum absolute atomic E-state index is 6.02. The van der Waals surface area contributed by atoms with Gasteiger partial charge in [-0.25, -0.2) is 4.98 Å². The van der Waals surface area contributed by atoms with Gasteiger partial charge in [0.05, 0.1) is 5.25 Å². The quantitative estimate of drug-likeness (QED) is 0.690. The average Bonchev–Trinajstić information content (AvgIpc) is 3.02. The fourth-order valence-corrected chi connectivity index (χ4v) is 3.84. The van der Waals surface area contributed by atoms with Crippen LogP contribution in [-0.2, 0) is 6.42 Å². The number of fused-ring (bicyclic) bond motifs is 2. The van der Waals surface area contributed by atoms with Gasteiger partial charge in [0.15, 0.2) is 16.6 Å². The first-order valence-electron chi connectivity index (χ1n) is 5.92. The second kappa shape index (κ2) is 4.21. The van der Waals surface area contributed by atoms with Crippen LogP contribution in [-0.4, -0.2) is 19.6 Å². The van der Waals surface area contributed by atoms with E-state index in [4.69, 9.17) is 11.6 Å². The van der Waals surface area contributed by atoms with Crippen LogP contribution in [0.5, 0.6) is 0 Å². The van der Waals surface area contributed by atoms with Crippen LogP contribution in [0, 0.1) is 0 Å².